The average Bonchev–Trinajstić information content (AvgIpc) is 2.93. The first kappa shape index (κ1) is 12.4. The first-order valence-corrected chi connectivity index (χ1v) is 6.09. The summed E-state index contributed by atoms with van der Waals surface area (Å²) in [5, 5.41) is 3.37. The Hall–Kier alpha value is -1.07. The molecule has 0 aliphatic carbocycles. The van der Waals surface area contributed by atoms with Gasteiger partial charge in [0.15, 0.2) is 0 Å². The van der Waals surface area contributed by atoms with Gasteiger partial charge < -0.3 is 19.4 Å². The van der Waals surface area contributed by atoms with Crippen molar-refractivity contribution in [3.05, 3.63) is 11.9 Å². The van der Waals surface area contributed by atoms with Gasteiger partial charge in [0.25, 0.3) is 0 Å². The number of anilines is 1. The number of rotatable bonds is 5. The highest BCUT2D eigenvalue weighted by Gasteiger charge is 2.35. The summed E-state index contributed by atoms with van der Waals surface area (Å²) in [5.41, 5.74) is 0.835. The van der Waals surface area contributed by atoms with Crippen LogP contribution in [0, 0.1) is 6.92 Å². The molecule has 2 heterocycles. The van der Waals surface area contributed by atoms with Crippen molar-refractivity contribution in [1.82, 2.24) is 9.55 Å². The Balaban J connectivity index is 2.01. The predicted molar refractivity (Wildman–Crippen MR) is 66.3 cm³/mol. The van der Waals surface area contributed by atoms with Crippen LogP contribution in [0.1, 0.15) is 19.0 Å². The van der Waals surface area contributed by atoms with Crippen LogP contribution in [0.15, 0.2) is 6.20 Å². The minimum absolute atomic E-state index is 0.196. The van der Waals surface area contributed by atoms with Crippen molar-refractivity contribution in [3.8, 4) is 0 Å². The molecule has 1 saturated heterocycles. The number of ether oxygens (including phenoxy) is 2. The highest BCUT2D eigenvalue weighted by Crippen LogP contribution is 2.23. The van der Waals surface area contributed by atoms with Crippen LogP contribution in [0.2, 0.25) is 0 Å². The predicted octanol–water partition coefficient (Wildman–Crippen LogP) is 1.43. The molecule has 1 aromatic rings. The Kier molecular flexibility index (Phi) is 3.69. The fourth-order valence-electron chi connectivity index (χ4n) is 2.13. The second-order valence-electron chi connectivity index (χ2n) is 4.54. The Bertz CT molecular complexity index is 370. The van der Waals surface area contributed by atoms with Gasteiger partial charge in [0.05, 0.1) is 12.3 Å². The van der Waals surface area contributed by atoms with Crippen LogP contribution in [0.5, 0.6) is 0 Å². The molecular formula is C12H21N3O2. The Morgan fingerprint density at radius 1 is 1.65 bits per heavy atom. The lowest BCUT2D eigenvalue weighted by Gasteiger charge is -2.26. The molecule has 0 radical (unpaired) electrons. The van der Waals surface area contributed by atoms with Crippen LogP contribution in [0.25, 0.3) is 0 Å². The molecule has 5 heteroatoms. The highest BCUT2D eigenvalue weighted by molar-refractivity contribution is 5.29. The van der Waals surface area contributed by atoms with E-state index in [4.69, 9.17) is 9.47 Å². The summed E-state index contributed by atoms with van der Waals surface area (Å²) in [6.45, 7) is 7.19. The number of aromatic nitrogens is 2. The maximum absolute atomic E-state index is 5.58. The molecule has 96 valence electrons. The fraction of sp³-hybridized carbons (Fsp3) is 0.750. The molecule has 0 bridgehead atoms. The van der Waals surface area contributed by atoms with Gasteiger partial charge in [0.1, 0.15) is 5.60 Å². The number of nitrogens with zero attached hydrogens (tertiary/aromatic N) is 2. The number of hydrogen-bond acceptors (Lipinski definition) is 4. The van der Waals surface area contributed by atoms with Gasteiger partial charge in [-0.25, -0.2) is 4.98 Å². The summed E-state index contributed by atoms with van der Waals surface area (Å²) in [6, 6.07) is 0. The number of hydrogen-bond donors (Lipinski definition) is 1. The van der Waals surface area contributed by atoms with E-state index in [1.807, 2.05) is 13.1 Å². The maximum Gasteiger partial charge on any atom is 0.203 e. The lowest BCUT2D eigenvalue weighted by Crippen LogP contribution is -2.40. The molecule has 0 amide bonds. The molecule has 0 spiro atoms. The second-order valence-corrected chi connectivity index (χ2v) is 4.54. The number of imidazole rings is 1. The van der Waals surface area contributed by atoms with E-state index in [2.05, 4.69) is 21.8 Å². The normalized spacial score (nSPS) is 24.2. The summed E-state index contributed by atoms with van der Waals surface area (Å²) in [5.74, 6) is 0.910. The molecule has 1 fully saturated rings. The van der Waals surface area contributed by atoms with E-state index in [9.17, 15) is 0 Å². The molecule has 17 heavy (non-hydrogen) atoms. The van der Waals surface area contributed by atoms with Gasteiger partial charge >= 0.3 is 0 Å². The smallest absolute Gasteiger partial charge is 0.203 e. The van der Waals surface area contributed by atoms with E-state index in [0.717, 1.165) is 37.8 Å². The SMILES string of the molecule is CCn1cc(C)nc1NCC1(OC)CCOC1. The molecule has 1 atom stereocenters. The number of methoxy groups -OCH3 is 1. The van der Waals surface area contributed by atoms with E-state index < -0.39 is 0 Å². The third kappa shape index (κ3) is 2.61. The van der Waals surface area contributed by atoms with Crippen molar-refractivity contribution in [2.45, 2.75) is 32.4 Å². The molecule has 5 nitrogen and oxygen atoms in total. The van der Waals surface area contributed by atoms with E-state index in [-0.39, 0.29) is 5.60 Å². The quantitative estimate of drug-likeness (QED) is 0.844. The summed E-state index contributed by atoms with van der Waals surface area (Å²) in [4.78, 5) is 4.46. The summed E-state index contributed by atoms with van der Waals surface area (Å²) in [6.07, 6.45) is 2.98. The molecule has 1 N–H and O–H groups in total. The Labute approximate surface area is 102 Å². The largest absolute Gasteiger partial charge is 0.378 e. The van der Waals surface area contributed by atoms with E-state index in [1.165, 1.54) is 0 Å². The van der Waals surface area contributed by atoms with Crippen molar-refractivity contribution in [1.29, 1.82) is 0 Å². The summed E-state index contributed by atoms with van der Waals surface area (Å²) < 4.78 is 13.1. The zero-order valence-electron chi connectivity index (χ0n) is 10.8. The van der Waals surface area contributed by atoms with Crippen molar-refractivity contribution in [2.24, 2.45) is 0 Å². The Morgan fingerprint density at radius 3 is 3.06 bits per heavy atom. The zero-order chi connectivity index (χ0) is 12.3. The van der Waals surface area contributed by atoms with Crippen LogP contribution in [0.4, 0.5) is 5.95 Å². The van der Waals surface area contributed by atoms with Crippen LogP contribution >= 0.6 is 0 Å². The van der Waals surface area contributed by atoms with Crippen LogP contribution in [0.3, 0.4) is 0 Å². The van der Waals surface area contributed by atoms with E-state index >= 15 is 0 Å². The molecular weight excluding hydrogens is 218 g/mol. The van der Waals surface area contributed by atoms with Crippen LogP contribution in [-0.2, 0) is 16.0 Å². The zero-order valence-corrected chi connectivity index (χ0v) is 10.8. The summed E-state index contributed by atoms with van der Waals surface area (Å²) >= 11 is 0. The summed E-state index contributed by atoms with van der Waals surface area (Å²) in [7, 11) is 1.74. The highest BCUT2D eigenvalue weighted by atomic mass is 16.5. The van der Waals surface area contributed by atoms with Crippen LogP contribution < -0.4 is 5.32 Å². The molecule has 1 unspecified atom stereocenters. The van der Waals surface area contributed by atoms with Gasteiger partial charge in [-0.2, -0.15) is 0 Å². The standard InChI is InChI=1S/C12H21N3O2/c1-4-15-7-10(2)14-11(15)13-8-12(16-3)5-6-17-9-12/h7H,4-6,8-9H2,1-3H3,(H,13,14). The monoisotopic (exact) mass is 239 g/mol. The van der Waals surface area contributed by atoms with Gasteiger partial charge in [0.2, 0.25) is 5.95 Å². The van der Waals surface area contributed by atoms with Gasteiger partial charge in [0, 0.05) is 39.4 Å². The maximum atomic E-state index is 5.58. The molecule has 0 aromatic carbocycles. The first-order valence-electron chi connectivity index (χ1n) is 6.09. The average molecular weight is 239 g/mol. The van der Waals surface area contributed by atoms with Gasteiger partial charge in [-0.1, -0.05) is 0 Å². The van der Waals surface area contributed by atoms with Crippen molar-refractivity contribution in [2.75, 3.05) is 32.2 Å². The minimum Gasteiger partial charge on any atom is -0.378 e. The molecule has 1 aliphatic rings. The topological polar surface area (TPSA) is 48.3 Å². The molecule has 1 aliphatic heterocycles. The third-order valence-electron chi connectivity index (χ3n) is 3.31. The molecule has 1 aromatic heterocycles. The van der Waals surface area contributed by atoms with Crippen LogP contribution in [-0.4, -0.2) is 42.0 Å². The van der Waals surface area contributed by atoms with E-state index in [0.29, 0.717) is 6.61 Å². The first-order chi connectivity index (χ1) is 8.19. The number of aryl methyl sites for hydroxylation is 2. The Morgan fingerprint density at radius 2 is 2.47 bits per heavy atom. The lowest BCUT2D eigenvalue weighted by molar-refractivity contribution is -0.00635. The van der Waals surface area contributed by atoms with Gasteiger partial charge in [-0.3, -0.25) is 0 Å². The third-order valence-corrected chi connectivity index (χ3v) is 3.31. The lowest BCUT2D eigenvalue weighted by atomic mass is 10.0. The van der Waals surface area contributed by atoms with Crippen molar-refractivity contribution >= 4 is 5.95 Å². The number of nitrogens with one attached hydrogen (secondary N) is 1. The fourth-order valence-corrected chi connectivity index (χ4v) is 2.13. The van der Waals surface area contributed by atoms with Gasteiger partial charge in [-0.05, 0) is 13.8 Å². The molecule has 0 saturated carbocycles. The van der Waals surface area contributed by atoms with Crippen molar-refractivity contribution in [3.63, 3.8) is 0 Å². The second kappa shape index (κ2) is 5.06. The minimum atomic E-state index is -0.196. The molecule has 2 rings (SSSR count). The van der Waals surface area contributed by atoms with Crippen molar-refractivity contribution < 1.29 is 9.47 Å². The van der Waals surface area contributed by atoms with E-state index in [1.54, 1.807) is 7.11 Å². The van der Waals surface area contributed by atoms with Gasteiger partial charge in [-0.15, -0.1) is 0 Å².